The molecule has 1 aliphatic heterocycles. The molecule has 9 heteroatoms. The topological polar surface area (TPSA) is 47.4 Å². The number of hydrogen-bond acceptors (Lipinski definition) is 3. The molecule has 0 saturated carbocycles. The van der Waals surface area contributed by atoms with Crippen molar-refractivity contribution in [2.75, 3.05) is 19.8 Å². The van der Waals surface area contributed by atoms with Gasteiger partial charge in [0.25, 0.3) is 5.91 Å². The average molecular weight is 464 g/mol. The van der Waals surface area contributed by atoms with E-state index >= 15 is 0 Å². The number of nitrogens with zero attached hydrogens (tertiary/aromatic N) is 3. The number of ether oxygens (including phenoxy) is 1. The normalized spacial score (nSPS) is 15.6. The monoisotopic (exact) mass is 463 g/mol. The van der Waals surface area contributed by atoms with Gasteiger partial charge >= 0.3 is 0 Å². The zero-order valence-corrected chi connectivity index (χ0v) is 18.3. The molecule has 2 heterocycles. The summed E-state index contributed by atoms with van der Waals surface area (Å²) in [6, 6.07) is 7.59. The van der Waals surface area contributed by atoms with Gasteiger partial charge in [0.05, 0.1) is 28.0 Å². The summed E-state index contributed by atoms with van der Waals surface area (Å²) < 4.78 is 46.9. The van der Waals surface area contributed by atoms with Crippen LogP contribution in [0.2, 0.25) is 5.02 Å². The van der Waals surface area contributed by atoms with E-state index in [1.807, 2.05) is 6.92 Å². The van der Waals surface area contributed by atoms with Gasteiger partial charge in [0, 0.05) is 30.8 Å². The Kier molecular flexibility index (Phi) is 6.15. The van der Waals surface area contributed by atoms with Crippen molar-refractivity contribution in [1.82, 2.24) is 14.7 Å². The van der Waals surface area contributed by atoms with Gasteiger partial charge in [-0.25, -0.2) is 13.2 Å². The Bertz CT molecular complexity index is 1160. The quantitative estimate of drug-likeness (QED) is 0.527. The Morgan fingerprint density at radius 3 is 2.62 bits per heavy atom. The highest BCUT2D eigenvalue weighted by molar-refractivity contribution is 6.33. The fourth-order valence-electron chi connectivity index (χ4n) is 4.14. The number of amides is 1. The van der Waals surface area contributed by atoms with Crippen molar-refractivity contribution < 1.29 is 22.7 Å². The molecule has 0 N–H and O–H groups in total. The summed E-state index contributed by atoms with van der Waals surface area (Å²) in [5, 5.41) is 4.81. The molecule has 1 amide bonds. The Morgan fingerprint density at radius 2 is 1.94 bits per heavy atom. The second-order valence-electron chi connectivity index (χ2n) is 7.60. The van der Waals surface area contributed by atoms with E-state index in [2.05, 4.69) is 5.10 Å². The molecule has 0 saturated heterocycles. The highest BCUT2D eigenvalue weighted by atomic mass is 35.5. The summed E-state index contributed by atoms with van der Waals surface area (Å²) in [5.74, 6) is -1.28. The maximum Gasteiger partial charge on any atom is 0.256 e. The van der Waals surface area contributed by atoms with Crippen molar-refractivity contribution in [2.45, 2.75) is 19.4 Å². The van der Waals surface area contributed by atoms with Crippen molar-refractivity contribution in [3.05, 3.63) is 69.9 Å². The van der Waals surface area contributed by atoms with Gasteiger partial charge in [-0.2, -0.15) is 5.10 Å². The largest absolute Gasteiger partial charge is 0.491 e. The van der Waals surface area contributed by atoms with Crippen LogP contribution in [-0.4, -0.2) is 40.4 Å². The number of rotatable bonds is 5. The zero-order chi connectivity index (χ0) is 23.0. The number of aromatic nitrogens is 2. The third-order valence-electron chi connectivity index (χ3n) is 5.55. The number of halogens is 4. The number of hydrogen-bond donors (Lipinski definition) is 0. The van der Waals surface area contributed by atoms with E-state index in [0.29, 0.717) is 35.7 Å². The molecule has 0 unspecified atom stereocenters. The summed E-state index contributed by atoms with van der Waals surface area (Å²) >= 11 is 6.26. The summed E-state index contributed by atoms with van der Waals surface area (Å²) in [4.78, 5) is 14.9. The predicted molar refractivity (Wildman–Crippen MR) is 115 cm³/mol. The number of carbonyl (C=O) groups excluding carboxylic acids is 1. The fraction of sp³-hybridized carbons (Fsp3) is 0.304. The molecule has 0 aliphatic carbocycles. The van der Waals surface area contributed by atoms with Crippen LogP contribution in [0.15, 0.2) is 36.4 Å². The molecular formula is C23H21ClF3N3O2. The van der Waals surface area contributed by atoms with Crippen LogP contribution in [0, 0.1) is 11.6 Å². The molecule has 168 valence electrons. The van der Waals surface area contributed by atoms with E-state index in [4.69, 9.17) is 16.3 Å². The third kappa shape index (κ3) is 4.07. The first-order valence-corrected chi connectivity index (χ1v) is 10.5. The van der Waals surface area contributed by atoms with E-state index in [0.717, 1.165) is 11.6 Å². The second-order valence-corrected chi connectivity index (χ2v) is 8.00. The molecule has 1 atom stereocenters. The molecule has 0 radical (unpaired) electrons. The Labute approximate surface area is 188 Å². The Balaban J connectivity index is 1.67. The summed E-state index contributed by atoms with van der Waals surface area (Å²) in [5.41, 5.74) is 2.78. The van der Waals surface area contributed by atoms with Crippen LogP contribution in [0.25, 0.3) is 11.3 Å². The molecule has 5 nitrogen and oxygen atoms in total. The minimum Gasteiger partial charge on any atom is -0.491 e. The maximum absolute atomic E-state index is 13.8. The number of fused-ring (bicyclic) bond motifs is 1. The molecule has 0 spiro atoms. The van der Waals surface area contributed by atoms with Gasteiger partial charge in [-0.15, -0.1) is 0 Å². The van der Waals surface area contributed by atoms with Gasteiger partial charge in [-0.1, -0.05) is 11.6 Å². The van der Waals surface area contributed by atoms with Gasteiger partial charge in [-0.3, -0.25) is 9.48 Å². The van der Waals surface area contributed by atoms with E-state index in [-0.39, 0.29) is 23.1 Å². The van der Waals surface area contributed by atoms with Crippen molar-refractivity contribution in [3.63, 3.8) is 0 Å². The third-order valence-corrected chi connectivity index (χ3v) is 5.88. The number of carbonyl (C=O) groups is 1. The Hall–Kier alpha value is -3.00. The van der Waals surface area contributed by atoms with Gasteiger partial charge in [0.2, 0.25) is 0 Å². The first-order chi connectivity index (χ1) is 15.3. The van der Waals surface area contributed by atoms with Crippen molar-refractivity contribution >= 4 is 17.5 Å². The Morgan fingerprint density at radius 1 is 1.22 bits per heavy atom. The first kappa shape index (κ1) is 22.2. The van der Waals surface area contributed by atoms with Crippen molar-refractivity contribution in [2.24, 2.45) is 7.05 Å². The molecular weight excluding hydrogens is 443 g/mol. The van der Waals surface area contributed by atoms with E-state index in [1.54, 1.807) is 28.8 Å². The number of benzene rings is 2. The van der Waals surface area contributed by atoms with E-state index in [9.17, 15) is 18.0 Å². The van der Waals surface area contributed by atoms with Crippen LogP contribution in [-0.2, 0) is 13.5 Å². The number of aryl methyl sites for hydroxylation is 1. The maximum atomic E-state index is 13.8. The van der Waals surface area contributed by atoms with Gasteiger partial charge in [0.15, 0.2) is 0 Å². The lowest BCUT2D eigenvalue weighted by Crippen LogP contribution is -2.39. The van der Waals surface area contributed by atoms with Gasteiger partial charge in [0.1, 0.15) is 30.7 Å². The van der Waals surface area contributed by atoms with Gasteiger partial charge < -0.3 is 9.64 Å². The molecule has 2 aromatic carbocycles. The zero-order valence-electron chi connectivity index (χ0n) is 17.5. The lowest BCUT2D eigenvalue weighted by molar-refractivity contribution is 0.0673. The molecule has 0 fully saturated rings. The van der Waals surface area contributed by atoms with Crippen LogP contribution in [0.1, 0.15) is 34.6 Å². The summed E-state index contributed by atoms with van der Waals surface area (Å²) in [6.07, 6.45) is 0.461. The van der Waals surface area contributed by atoms with Crippen LogP contribution in [0.5, 0.6) is 5.75 Å². The molecule has 1 aromatic heterocycles. The minimum atomic E-state index is -0.667. The minimum absolute atomic E-state index is 0.115. The van der Waals surface area contributed by atoms with Crippen LogP contribution >= 0.6 is 11.6 Å². The molecule has 0 bridgehead atoms. The SMILES string of the molecule is C[C@H]1c2nn(C)c(-c3cc(F)cc(F)c3)c2CCN1C(=O)c1cc(OCCF)ccc1Cl. The summed E-state index contributed by atoms with van der Waals surface area (Å²) in [7, 11) is 1.71. The lowest BCUT2D eigenvalue weighted by atomic mass is 9.95. The molecule has 1 aliphatic rings. The number of alkyl halides is 1. The second kappa shape index (κ2) is 8.86. The van der Waals surface area contributed by atoms with Crippen molar-refractivity contribution in [3.8, 4) is 17.0 Å². The fourth-order valence-corrected chi connectivity index (χ4v) is 4.34. The van der Waals surface area contributed by atoms with E-state index < -0.39 is 24.4 Å². The average Bonchev–Trinajstić information content (AvgIpc) is 3.09. The highest BCUT2D eigenvalue weighted by Crippen LogP contribution is 2.37. The van der Waals surface area contributed by atoms with Crippen LogP contribution < -0.4 is 4.74 Å². The molecule has 3 aromatic rings. The smallest absolute Gasteiger partial charge is 0.256 e. The predicted octanol–water partition coefficient (Wildman–Crippen LogP) is 5.13. The van der Waals surface area contributed by atoms with Crippen molar-refractivity contribution in [1.29, 1.82) is 0 Å². The highest BCUT2D eigenvalue weighted by Gasteiger charge is 2.34. The standard InChI is InChI=1S/C23H21ClF3N3O2/c1-13-21-18(22(29(2)28-21)14-9-15(26)11-16(27)10-14)5-7-30(13)23(31)19-12-17(32-8-6-25)3-4-20(19)24/h3-4,9-13H,5-8H2,1-2H3/t13-/m0/s1. The lowest BCUT2D eigenvalue weighted by Gasteiger charge is -2.33. The van der Waals surface area contributed by atoms with E-state index in [1.165, 1.54) is 18.2 Å². The first-order valence-electron chi connectivity index (χ1n) is 10.1. The van der Waals surface area contributed by atoms with Crippen LogP contribution in [0.3, 0.4) is 0 Å². The molecule has 32 heavy (non-hydrogen) atoms. The molecule has 4 rings (SSSR count). The summed E-state index contributed by atoms with van der Waals surface area (Å²) in [6.45, 7) is 1.46. The van der Waals surface area contributed by atoms with Gasteiger partial charge in [-0.05, 0) is 43.7 Å². The van der Waals surface area contributed by atoms with Crippen LogP contribution in [0.4, 0.5) is 13.2 Å².